The van der Waals surface area contributed by atoms with Gasteiger partial charge in [0.1, 0.15) is 11.8 Å². The van der Waals surface area contributed by atoms with Crippen LogP contribution in [0.2, 0.25) is 0 Å². The molecule has 0 aliphatic carbocycles. The maximum Gasteiger partial charge on any atom is 0.224 e. The number of rotatable bonds is 5. The SMILES string of the molecule is CCSCC(C)Nc1nccc(C#N)n1. The fraction of sp³-hybridized carbons (Fsp3) is 0.500. The minimum atomic E-state index is 0.309. The summed E-state index contributed by atoms with van der Waals surface area (Å²) in [5.41, 5.74) is 0.392. The van der Waals surface area contributed by atoms with Crippen molar-refractivity contribution in [1.29, 1.82) is 5.26 Å². The predicted octanol–water partition coefficient (Wildman–Crippen LogP) is 1.90. The highest BCUT2D eigenvalue weighted by molar-refractivity contribution is 7.99. The zero-order valence-corrected chi connectivity index (χ0v) is 9.71. The van der Waals surface area contributed by atoms with Gasteiger partial charge < -0.3 is 5.32 Å². The number of nitrogens with zero attached hydrogens (tertiary/aromatic N) is 3. The standard InChI is InChI=1S/C10H14N4S/c1-3-15-7-8(2)13-10-12-5-4-9(6-11)14-10/h4-5,8H,3,7H2,1-2H3,(H,12,13,14). The summed E-state index contributed by atoms with van der Waals surface area (Å²) >= 11 is 1.86. The molecule has 1 aromatic heterocycles. The quantitative estimate of drug-likeness (QED) is 0.824. The molecule has 5 heteroatoms. The molecule has 0 aliphatic rings. The van der Waals surface area contributed by atoms with Crippen molar-refractivity contribution in [3.05, 3.63) is 18.0 Å². The fourth-order valence-electron chi connectivity index (χ4n) is 1.05. The van der Waals surface area contributed by atoms with Gasteiger partial charge in [-0.15, -0.1) is 0 Å². The lowest BCUT2D eigenvalue weighted by Gasteiger charge is -2.12. The van der Waals surface area contributed by atoms with E-state index in [2.05, 4.69) is 29.1 Å². The Kier molecular flexibility index (Phi) is 4.91. The number of nitriles is 1. The molecule has 1 rings (SSSR count). The maximum atomic E-state index is 8.67. The summed E-state index contributed by atoms with van der Waals surface area (Å²) < 4.78 is 0. The van der Waals surface area contributed by atoms with Crippen LogP contribution < -0.4 is 5.32 Å². The molecule has 1 atom stereocenters. The van der Waals surface area contributed by atoms with E-state index in [9.17, 15) is 0 Å². The molecule has 0 aromatic carbocycles. The lowest BCUT2D eigenvalue weighted by atomic mass is 10.4. The summed E-state index contributed by atoms with van der Waals surface area (Å²) in [7, 11) is 0. The minimum absolute atomic E-state index is 0.309. The van der Waals surface area contributed by atoms with Gasteiger partial charge >= 0.3 is 0 Å². The van der Waals surface area contributed by atoms with Crippen LogP contribution in [-0.2, 0) is 0 Å². The Balaban J connectivity index is 2.53. The molecule has 0 saturated heterocycles. The molecule has 15 heavy (non-hydrogen) atoms. The molecule has 80 valence electrons. The minimum Gasteiger partial charge on any atom is -0.351 e. The average Bonchev–Trinajstić information content (AvgIpc) is 2.26. The van der Waals surface area contributed by atoms with E-state index in [0.717, 1.165) is 11.5 Å². The Labute approximate surface area is 94.1 Å². The number of hydrogen-bond acceptors (Lipinski definition) is 5. The van der Waals surface area contributed by atoms with E-state index >= 15 is 0 Å². The second-order valence-electron chi connectivity index (χ2n) is 3.08. The molecule has 0 aliphatic heterocycles. The van der Waals surface area contributed by atoms with Crippen molar-refractivity contribution in [3.8, 4) is 6.07 Å². The molecular formula is C10H14N4S. The third-order valence-corrected chi connectivity index (χ3v) is 2.86. The fourth-order valence-corrected chi connectivity index (χ4v) is 1.72. The maximum absolute atomic E-state index is 8.67. The third-order valence-electron chi connectivity index (χ3n) is 1.72. The highest BCUT2D eigenvalue weighted by Crippen LogP contribution is 2.06. The molecule has 1 aromatic rings. The first-order valence-electron chi connectivity index (χ1n) is 4.83. The zero-order valence-electron chi connectivity index (χ0n) is 8.90. The molecule has 1 N–H and O–H groups in total. The second kappa shape index (κ2) is 6.25. The smallest absolute Gasteiger partial charge is 0.224 e. The van der Waals surface area contributed by atoms with Gasteiger partial charge in [-0.2, -0.15) is 17.0 Å². The zero-order chi connectivity index (χ0) is 11.1. The first-order valence-corrected chi connectivity index (χ1v) is 5.99. The number of nitrogens with one attached hydrogen (secondary N) is 1. The van der Waals surface area contributed by atoms with Crippen molar-refractivity contribution >= 4 is 17.7 Å². The summed E-state index contributed by atoms with van der Waals surface area (Å²) in [6.45, 7) is 4.20. The normalized spacial score (nSPS) is 11.8. The first-order chi connectivity index (χ1) is 7.26. The molecule has 0 spiro atoms. The van der Waals surface area contributed by atoms with Crippen LogP contribution in [0.5, 0.6) is 0 Å². The number of thioether (sulfide) groups is 1. The molecule has 0 radical (unpaired) electrons. The third kappa shape index (κ3) is 4.17. The molecule has 0 amide bonds. The van der Waals surface area contributed by atoms with Gasteiger partial charge in [0.15, 0.2) is 0 Å². The van der Waals surface area contributed by atoms with Crippen LogP contribution >= 0.6 is 11.8 Å². The van der Waals surface area contributed by atoms with Gasteiger partial charge in [-0.3, -0.25) is 0 Å². The Morgan fingerprint density at radius 3 is 3.13 bits per heavy atom. The van der Waals surface area contributed by atoms with Crippen LogP contribution in [0, 0.1) is 11.3 Å². The van der Waals surface area contributed by atoms with E-state index in [0.29, 0.717) is 17.7 Å². The van der Waals surface area contributed by atoms with E-state index in [1.807, 2.05) is 17.8 Å². The molecule has 1 unspecified atom stereocenters. The van der Waals surface area contributed by atoms with Crippen LogP contribution in [0.15, 0.2) is 12.3 Å². The van der Waals surface area contributed by atoms with Crippen molar-refractivity contribution < 1.29 is 0 Å². The van der Waals surface area contributed by atoms with Crippen molar-refractivity contribution in [2.45, 2.75) is 19.9 Å². The summed E-state index contributed by atoms with van der Waals surface area (Å²) in [4.78, 5) is 8.10. The Morgan fingerprint density at radius 2 is 2.47 bits per heavy atom. The second-order valence-corrected chi connectivity index (χ2v) is 4.40. The van der Waals surface area contributed by atoms with Gasteiger partial charge in [-0.1, -0.05) is 6.92 Å². The first kappa shape index (κ1) is 11.8. The van der Waals surface area contributed by atoms with Crippen molar-refractivity contribution in [2.24, 2.45) is 0 Å². The number of aromatic nitrogens is 2. The van der Waals surface area contributed by atoms with Gasteiger partial charge in [0, 0.05) is 18.0 Å². The molecule has 0 fully saturated rings. The number of hydrogen-bond donors (Lipinski definition) is 1. The van der Waals surface area contributed by atoms with Gasteiger partial charge in [-0.25, -0.2) is 9.97 Å². The van der Waals surface area contributed by atoms with Crippen molar-refractivity contribution in [1.82, 2.24) is 9.97 Å². The van der Waals surface area contributed by atoms with Crippen LogP contribution in [0.1, 0.15) is 19.5 Å². The lowest BCUT2D eigenvalue weighted by molar-refractivity contribution is 0.884. The van der Waals surface area contributed by atoms with Gasteiger partial charge in [0.2, 0.25) is 5.95 Å². The van der Waals surface area contributed by atoms with E-state index in [-0.39, 0.29) is 0 Å². The molecular weight excluding hydrogens is 208 g/mol. The Bertz CT molecular complexity index is 348. The topological polar surface area (TPSA) is 61.6 Å². The van der Waals surface area contributed by atoms with E-state index < -0.39 is 0 Å². The summed E-state index contributed by atoms with van der Waals surface area (Å²) in [5.74, 6) is 2.64. The van der Waals surface area contributed by atoms with E-state index in [1.54, 1.807) is 12.3 Å². The van der Waals surface area contributed by atoms with Crippen LogP contribution in [0.4, 0.5) is 5.95 Å². The summed E-state index contributed by atoms with van der Waals surface area (Å²) in [5, 5.41) is 11.8. The van der Waals surface area contributed by atoms with Gasteiger partial charge in [-0.05, 0) is 18.7 Å². The largest absolute Gasteiger partial charge is 0.351 e. The Hall–Kier alpha value is -1.28. The monoisotopic (exact) mass is 222 g/mol. The van der Waals surface area contributed by atoms with Crippen molar-refractivity contribution in [2.75, 3.05) is 16.8 Å². The summed E-state index contributed by atoms with van der Waals surface area (Å²) in [6, 6.07) is 3.89. The lowest BCUT2D eigenvalue weighted by Crippen LogP contribution is -2.19. The van der Waals surface area contributed by atoms with Gasteiger partial charge in [0.05, 0.1) is 0 Å². The van der Waals surface area contributed by atoms with E-state index in [4.69, 9.17) is 5.26 Å². The molecule has 4 nitrogen and oxygen atoms in total. The van der Waals surface area contributed by atoms with Gasteiger partial charge in [0.25, 0.3) is 0 Å². The average molecular weight is 222 g/mol. The molecule has 1 heterocycles. The summed E-state index contributed by atoms with van der Waals surface area (Å²) in [6.07, 6.45) is 1.59. The molecule has 0 saturated carbocycles. The predicted molar refractivity (Wildman–Crippen MR) is 62.8 cm³/mol. The van der Waals surface area contributed by atoms with Crippen LogP contribution in [0.25, 0.3) is 0 Å². The van der Waals surface area contributed by atoms with E-state index in [1.165, 1.54) is 0 Å². The van der Waals surface area contributed by atoms with Crippen LogP contribution in [0.3, 0.4) is 0 Å². The highest BCUT2D eigenvalue weighted by atomic mass is 32.2. The Morgan fingerprint density at radius 1 is 1.67 bits per heavy atom. The van der Waals surface area contributed by atoms with Crippen LogP contribution in [-0.4, -0.2) is 27.5 Å². The highest BCUT2D eigenvalue weighted by Gasteiger charge is 2.04. The van der Waals surface area contributed by atoms with Crippen molar-refractivity contribution in [3.63, 3.8) is 0 Å². The number of anilines is 1. The molecule has 0 bridgehead atoms.